The van der Waals surface area contributed by atoms with Gasteiger partial charge < -0.3 is 14.6 Å². The summed E-state index contributed by atoms with van der Waals surface area (Å²) in [6.45, 7) is 5.09. The molecule has 1 aliphatic heterocycles. The van der Waals surface area contributed by atoms with E-state index >= 15 is 0 Å². The maximum Gasteiger partial charge on any atom is 0.307 e. The van der Waals surface area contributed by atoms with Gasteiger partial charge in [0, 0.05) is 36.6 Å². The maximum absolute atomic E-state index is 11.7. The Morgan fingerprint density at radius 3 is 2.59 bits per heavy atom. The number of aliphatic hydroxyl groups excluding tert-OH is 1. The Bertz CT molecular complexity index is 485. The maximum atomic E-state index is 11.7. The Labute approximate surface area is 103 Å². The lowest BCUT2D eigenvalue weighted by Gasteiger charge is -2.35. The third-order valence-corrected chi connectivity index (χ3v) is 4.14. The van der Waals surface area contributed by atoms with Gasteiger partial charge in [-0.2, -0.15) is 0 Å². The van der Waals surface area contributed by atoms with E-state index in [2.05, 4.69) is 0 Å². The monoisotopic (exact) mass is 256 g/mol. The van der Waals surface area contributed by atoms with Crippen molar-refractivity contribution >= 4 is 17.2 Å². The number of β-amino-alcohol motifs (C(OH)–C–C–N with tert-alkyl or cyclic N) is 1. The van der Waals surface area contributed by atoms with E-state index in [9.17, 15) is 9.59 Å². The summed E-state index contributed by atoms with van der Waals surface area (Å²) < 4.78 is 1.65. The van der Waals surface area contributed by atoms with Crippen LogP contribution in [-0.4, -0.2) is 39.7 Å². The van der Waals surface area contributed by atoms with Crippen LogP contribution in [0.2, 0.25) is 0 Å². The van der Waals surface area contributed by atoms with Crippen molar-refractivity contribution in [1.29, 1.82) is 0 Å². The predicted molar refractivity (Wildman–Crippen MR) is 65.3 cm³/mol. The van der Waals surface area contributed by atoms with E-state index in [-0.39, 0.29) is 16.9 Å². The van der Waals surface area contributed by atoms with Crippen LogP contribution >= 0.6 is 11.3 Å². The predicted octanol–water partition coefficient (Wildman–Crippen LogP) is 0.120. The summed E-state index contributed by atoms with van der Waals surface area (Å²) in [7, 11) is 0. The SMILES string of the molecule is Cc1sc(=O)n(CCC(=O)N2CC(O)C2)c1C. The number of thiazole rings is 1. The number of aromatic nitrogens is 1. The molecule has 0 unspecified atom stereocenters. The molecule has 0 atom stereocenters. The third kappa shape index (κ3) is 2.42. The summed E-state index contributed by atoms with van der Waals surface area (Å²) in [5.74, 6) is 0.00505. The number of carbonyl (C=O) groups is 1. The van der Waals surface area contributed by atoms with Crippen molar-refractivity contribution in [2.75, 3.05) is 13.1 Å². The topological polar surface area (TPSA) is 62.5 Å². The number of aryl methyl sites for hydroxylation is 1. The first kappa shape index (κ1) is 12.3. The number of hydrogen-bond donors (Lipinski definition) is 1. The quantitative estimate of drug-likeness (QED) is 0.835. The van der Waals surface area contributed by atoms with Gasteiger partial charge in [0.05, 0.1) is 6.10 Å². The molecule has 0 radical (unpaired) electrons. The second kappa shape index (κ2) is 4.62. The summed E-state index contributed by atoms with van der Waals surface area (Å²) in [4.78, 5) is 25.9. The molecular formula is C11H16N2O3S. The van der Waals surface area contributed by atoms with Crippen molar-refractivity contribution in [1.82, 2.24) is 9.47 Å². The highest BCUT2D eigenvalue weighted by Crippen LogP contribution is 2.12. The summed E-state index contributed by atoms with van der Waals surface area (Å²) in [6, 6.07) is 0. The highest BCUT2D eigenvalue weighted by Gasteiger charge is 2.28. The number of carbonyl (C=O) groups excluding carboxylic acids is 1. The van der Waals surface area contributed by atoms with Gasteiger partial charge in [-0.15, -0.1) is 0 Å². The molecule has 1 aliphatic rings. The molecule has 5 nitrogen and oxygen atoms in total. The van der Waals surface area contributed by atoms with Crippen molar-refractivity contribution in [3.8, 4) is 0 Å². The Hall–Kier alpha value is -1.14. The minimum absolute atomic E-state index is 0.00329. The van der Waals surface area contributed by atoms with Crippen molar-refractivity contribution < 1.29 is 9.90 Å². The Balaban J connectivity index is 1.94. The zero-order valence-corrected chi connectivity index (χ0v) is 10.8. The van der Waals surface area contributed by atoms with Gasteiger partial charge in [0.1, 0.15) is 0 Å². The first-order valence-corrected chi connectivity index (χ1v) is 6.43. The van der Waals surface area contributed by atoms with Crippen LogP contribution in [0.4, 0.5) is 0 Å². The lowest BCUT2D eigenvalue weighted by atomic mass is 10.1. The summed E-state index contributed by atoms with van der Waals surface area (Å²) >= 11 is 1.22. The van der Waals surface area contributed by atoms with Gasteiger partial charge >= 0.3 is 4.87 Å². The van der Waals surface area contributed by atoms with E-state index in [1.165, 1.54) is 11.3 Å². The van der Waals surface area contributed by atoms with Crippen molar-refractivity contribution in [3.05, 3.63) is 20.2 Å². The standard InChI is InChI=1S/C11H16N2O3S/c1-7-8(2)17-11(16)13(7)4-3-10(15)12-5-9(14)6-12/h9,14H,3-6H2,1-2H3. The van der Waals surface area contributed by atoms with Gasteiger partial charge in [0.15, 0.2) is 0 Å². The van der Waals surface area contributed by atoms with Gasteiger partial charge in [-0.05, 0) is 13.8 Å². The van der Waals surface area contributed by atoms with E-state index < -0.39 is 0 Å². The lowest BCUT2D eigenvalue weighted by Crippen LogP contribution is -2.53. The van der Waals surface area contributed by atoms with Gasteiger partial charge in [-0.25, -0.2) is 0 Å². The number of hydrogen-bond acceptors (Lipinski definition) is 4. The number of likely N-dealkylation sites (tertiary alicyclic amines) is 1. The van der Waals surface area contributed by atoms with Crippen LogP contribution in [-0.2, 0) is 11.3 Å². The minimum atomic E-state index is -0.369. The number of nitrogens with zero attached hydrogens (tertiary/aromatic N) is 2. The molecule has 0 aromatic carbocycles. The normalized spacial score (nSPS) is 16.1. The van der Waals surface area contributed by atoms with Crippen molar-refractivity contribution in [3.63, 3.8) is 0 Å². The second-order valence-electron chi connectivity index (χ2n) is 4.36. The highest BCUT2D eigenvalue weighted by atomic mass is 32.1. The summed E-state index contributed by atoms with van der Waals surface area (Å²) in [5.41, 5.74) is 0.941. The Kier molecular flexibility index (Phi) is 3.35. The fraction of sp³-hybridized carbons (Fsp3) is 0.636. The molecular weight excluding hydrogens is 240 g/mol. The van der Waals surface area contributed by atoms with Crippen LogP contribution in [0.15, 0.2) is 4.79 Å². The van der Waals surface area contributed by atoms with Crippen LogP contribution < -0.4 is 4.87 Å². The van der Waals surface area contributed by atoms with E-state index in [1.807, 2.05) is 13.8 Å². The van der Waals surface area contributed by atoms with E-state index in [0.717, 1.165) is 10.6 Å². The molecule has 1 N–H and O–H groups in total. The molecule has 1 aromatic rings. The second-order valence-corrected chi connectivity index (χ2v) is 5.53. The average Bonchev–Trinajstić information content (AvgIpc) is 2.46. The minimum Gasteiger partial charge on any atom is -0.389 e. The largest absolute Gasteiger partial charge is 0.389 e. The average molecular weight is 256 g/mol. The highest BCUT2D eigenvalue weighted by molar-refractivity contribution is 7.09. The van der Waals surface area contributed by atoms with E-state index in [4.69, 9.17) is 5.11 Å². The first-order valence-electron chi connectivity index (χ1n) is 5.61. The molecule has 0 spiro atoms. The molecule has 0 aliphatic carbocycles. The number of aliphatic hydroxyl groups is 1. The molecule has 1 saturated heterocycles. The van der Waals surface area contributed by atoms with E-state index in [1.54, 1.807) is 9.47 Å². The van der Waals surface area contributed by atoms with Gasteiger partial charge in [-0.3, -0.25) is 9.59 Å². The summed E-state index contributed by atoms with van der Waals surface area (Å²) in [5, 5.41) is 9.10. The molecule has 6 heteroatoms. The Morgan fingerprint density at radius 2 is 2.12 bits per heavy atom. The Morgan fingerprint density at radius 1 is 1.47 bits per heavy atom. The van der Waals surface area contributed by atoms with Crippen LogP contribution in [0.5, 0.6) is 0 Å². The summed E-state index contributed by atoms with van der Waals surface area (Å²) in [6.07, 6.45) is -0.0456. The van der Waals surface area contributed by atoms with Gasteiger partial charge in [0.25, 0.3) is 0 Å². The van der Waals surface area contributed by atoms with Gasteiger partial charge in [-0.1, -0.05) is 11.3 Å². The molecule has 1 fully saturated rings. The molecule has 1 aromatic heterocycles. The number of rotatable bonds is 3. The van der Waals surface area contributed by atoms with Crippen molar-refractivity contribution in [2.45, 2.75) is 32.9 Å². The van der Waals surface area contributed by atoms with Crippen LogP contribution in [0.25, 0.3) is 0 Å². The van der Waals surface area contributed by atoms with Gasteiger partial charge in [0.2, 0.25) is 5.91 Å². The third-order valence-electron chi connectivity index (χ3n) is 3.14. The zero-order chi connectivity index (χ0) is 12.6. The smallest absolute Gasteiger partial charge is 0.307 e. The fourth-order valence-electron chi connectivity index (χ4n) is 1.87. The van der Waals surface area contributed by atoms with Crippen LogP contribution in [0.3, 0.4) is 0 Å². The van der Waals surface area contributed by atoms with Crippen molar-refractivity contribution in [2.24, 2.45) is 0 Å². The molecule has 94 valence electrons. The fourth-order valence-corrected chi connectivity index (χ4v) is 2.73. The molecule has 2 rings (SSSR count). The van der Waals surface area contributed by atoms with Crippen LogP contribution in [0, 0.1) is 13.8 Å². The first-order chi connectivity index (χ1) is 7.99. The molecule has 1 amide bonds. The number of amides is 1. The van der Waals surface area contributed by atoms with E-state index in [0.29, 0.717) is 26.1 Å². The molecule has 0 bridgehead atoms. The molecule has 17 heavy (non-hydrogen) atoms. The zero-order valence-electron chi connectivity index (χ0n) is 9.97. The molecule has 0 saturated carbocycles. The van der Waals surface area contributed by atoms with Crippen LogP contribution in [0.1, 0.15) is 17.0 Å². The lowest BCUT2D eigenvalue weighted by molar-refractivity contribution is -0.141. The molecule has 2 heterocycles.